The molecular formula is C21H25N5O4S. The molecule has 2 saturated carbocycles. The van der Waals surface area contributed by atoms with Crippen LogP contribution >= 0.6 is 0 Å². The molecule has 1 amide bonds. The van der Waals surface area contributed by atoms with E-state index in [1.165, 1.54) is 24.3 Å². The lowest BCUT2D eigenvalue weighted by Crippen LogP contribution is -2.44. The van der Waals surface area contributed by atoms with Crippen LogP contribution in [-0.2, 0) is 20.2 Å². The van der Waals surface area contributed by atoms with Crippen LogP contribution < -0.4 is 14.9 Å². The molecule has 2 aliphatic carbocycles. The minimum Gasteiger partial charge on any atom is -0.393 e. The second kappa shape index (κ2) is 7.25. The van der Waals surface area contributed by atoms with Gasteiger partial charge >= 0.3 is 0 Å². The van der Waals surface area contributed by atoms with E-state index in [9.17, 15) is 18.3 Å². The van der Waals surface area contributed by atoms with Gasteiger partial charge in [-0.3, -0.25) is 9.69 Å². The highest BCUT2D eigenvalue weighted by molar-refractivity contribution is 7.89. The molecule has 0 saturated heterocycles. The van der Waals surface area contributed by atoms with Gasteiger partial charge in [0.15, 0.2) is 0 Å². The molecule has 1 aliphatic heterocycles. The summed E-state index contributed by atoms with van der Waals surface area (Å²) in [5.41, 5.74) is 0.778. The molecule has 2 fully saturated rings. The summed E-state index contributed by atoms with van der Waals surface area (Å²) in [7, 11) is -4.19. The maximum Gasteiger partial charge on any atom is 0.240 e. The fraction of sp³-hybridized carbons (Fsp3) is 0.476. The van der Waals surface area contributed by atoms with Gasteiger partial charge < -0.3 is 10.4 Å². The van der Waals surface area contributed by atoms with Gasteiger partial charge in [0.25, 0.3) is 0 Å². The van der Waals surface area contributed by atoms with Gasteiger partial charge in [0.2, 0.25) is 21.9 Å². The average molecular weight is 447 g/mol. The predicted molar refractivity (Wildman–Crippen MR) is 115 cm³/mol. The maximum absolute atomic E-state index is 13.3. The number of hydrogen-bond acceptors (Lipinski definition) is 7. The van der Waals surface area contributed by atoms with Crippen molar-refractivity contribution < 1.29 is 22.4 Å². The Bertz CT molecular complexity index is 1230. The second-order valence-corrected chi connectivity index (χ2v) is 10.1. The zero-order chi connectivity index (χ0) is 24.3. The lowest BCUT2D eigenvalue weighted by atomic mass is 9.92. The van der Waals surface area contributed by atoms with Crippen LogP contribution in [0.1, 0.15) is 48.2 Å². The first-order valence-electron chi connectivity index (χ1n) is 11.8. The zero-order valence-corrected chi connectivity index (χ0v) is 17.5. The van der Waals surface area contributed by atoms with Crippen LogP contribution in [0.4, 0.5) is 17.5 Å². The quantitative estimate of drug-likeness (QED) is 0.640. The maximum atomic E-state index is 13.3. The molecule has 1 aromatic carbocycles. The molecule has 9 nitrogen and oxygen atoms in total. The Hall–Kier alpha value is -2.56. The van der Waals surface area contributed by atoms with Crippen LogP contribution in [0.5, 0.6) is 0 Å². The van der Waals surface area contributed by atoms with Crippen LogP contribution in [0.2, 0.25) is 0 Å². The number of anilines is 3. The van der Waals surface area contributed by atoms with Gasteiger partial charge in [-0.05, 0) is 69.8 Å². The highest BCUT2D eigenvalue weighted by Gasteiger charge is 2.61. The highest BCUT2D eigenvalue weighted by Crippen LogP contribution is 2.57. The third kappa shape index (κ3) is 3.38. The molecule has 1 aromatic heterocycles. The first-order valence-corrected chi connectivity index (χ1v) is 11.8. The van der Waals surface area contributed by atoms with Crippen molar-refractivity contribution in [2.75, 3.05) is 17.2 Å². The molecule has 0 radical (unpaired) electrons. The van der Waals surface area contributed by atoms with Crippen molar-refractivity contribution in [3.63, 3.8) is 0 Å². The summed E-state index contributed by atoms with van der Waals surface area (Å²) in [5.74, 6) is 0.853. The first kappa shape index (κ1) is 17.0. The Kier molecular flexibility index (Phi) is 3.99. The minimum absolute atomic E-state index is 0.0318. The van der Waals surface area contributed by atoms with Gasteiger partial charge in [-0.1, -0.05) is 0 Å². The van der Waals surface area contributed by atoms with Gasteiger partial charge in [-0.15, -0.1) is 0 Å². The van der Waals surface area contributed by atoms with Gasteiger partial charge in [-0.2, -0.15) is 4.98 Å². The summed E-state index contributed by atoms with van der Waals surface area (Å²) in [6.45, 7) is -2.83. The number of carbonyl (C=O) groups is 1. The number of benzene rings is 1. The molecule has 10 heteroatoms. The number of aliphatic hydroxyl groups excluding tert-OH is 1. The molecule has 1 spiro atoms. The number of hydrogen-bond donors (Lipinski definition) is 3. The van der Waals surface area contributed by atoms with E-state index in [0.29, 0.717) is 17.9 Å². The lowest BCUT2D eigenvalue weighted by molar-refractivity contribution is -0.121. The van der Waals surface area contributed by atoms with Crippen molar-refractivity contribution in [1.82, 2.24) is 14.7 Å². The summed E-state index contributed by atoms with van der Waals surface area (Å²) < 4.78 is 47.3. The standard InChI is InChI=1S/C21H25N5O4S/c1-22-31(29,30)16-7-5-13(6-8-16)24-20-23-12-17-18(25-20)26(19(28)21(17)9-10-21)14-3-2-4-15(27)11-14/h5-8,12,14-15,22,27H,2-4,9-11H2,1H3,(H,23,24,25)/t14-,15-/m1/s1/i1D3. The normalized spacial score (nSPS) is 26.2. The minimum atomic E-state index is -4.19. The number of sulfonamides is 1. The number of nitrogens with one attached hydrogen (secondary N) is 2. The van der Waals surface area contributed by atoms with Crippen molar-refractivity contribution in [1.29, 1.82) is 0 Å². The van der Waals surface area contributed by atoms with E-state index in [4.69, 9.17) is 4.11 Å². The molecule has 0 bridgehead atoms. The summed E-state index contributed by atoms with van der Waals surface area (Å²) in [5, 5.41) is 13.2. The number of rotatable bonds is 5. The molecular weight excluding hydrogens is 418 g/mol. The van der Waals surface area contributed by atoms with Crippen LogP contribution in [-0.4, -0.2) is 48.5 Å². The molecule has 2 heterocycles. The largest absolute Gasteiger partial charge is 0.393 e. The van der Waals surface area contributed by atoms with Gasteiger partial charge in [0, 0.05) is 27.6 Å². The Balaban J connectivity index is 1.39. The third-order valence-electron chi connectivity index (χ3n) is 6.43. The molecule has 2 aromatic rings. The zero-order valence-electron chi connectivity index (χ0n) is 19.7. The van der Waals surface area contributed by atoms with Crippen LogP contribution in [0.3, 0.4) is 0 Å². The second-order valence-electron chi connectivity index (χ2n) is 8.42. The molecule has 31 heavy (non-hydrogen) atoms. The van der Waals surface area contributed by atoms with Gasteiger partial charge in [-0.25, -0.2) is 18.1 Å². The molecule has 0 unspecified atom stereocenters. The molecule has 164 valence electrons. The van der Waals surface area contributed by atoms with Gasteiger partial charge in [0.1, 0.15) is 5.82 Å². The summed E-state index contributed by atoms with van der Waals surface area (Å²) in [6.07, 6.45) is 5.69. The van der Waals surface area contributed by atoms with Gasteiger partial charge in [0.05, 0.1) is 16.4 Å². The van der Waals surface area contributed by atoms with E-state index in [-0.39, 0.29) is 22.8 Å². The lowest BCUT2D eigenvalue weighted by Gasteiger charge is -2.33. The fourth-order valence-corrected chi connectivity index (χ4v) is 5.23. The number of aliphatic hydroxyl groups is 1. The van der Waals surface area contributed by atoms with E-state index in [1.54, 1.807) is 15.8 Å². The number of amides is 1. The van der Waals surface area contributed by atoms with E-state index >= 15 is 0 Å². The van der Waals surface area contributed by atoms with Crippen molar-refractivity contribution in [2.45, 2.75) is 61.0 Å². The van der Waals surface area contributed by atoms with Crippen LogP contribution in [0.15, 0.2) is 35.4 Å². The highest BCUT2D eigenvalue weighted by atomic mass is 32.2. The van der Waals surface area contributed by atoms with E-state index < -0.39 is 28.5 Å². The first-order chi connectivity index (χ1) is 16.0. The van der Waals surface area contributed by atoms with E-state index in [1.807, 2.05) is 0 Å². The summed E-state index contributed by atoms with van der Waals surface area (Å²) in [4.78, 5) is 23.9. The molecule has 3 N–H and O–H groups in total. The third-order valence-corrected chi connectivity index (χ3v) is 7.59. The van der Waals surface area contributed by atoms with Crippen molar-refractivity contribution in [3.8, 4) is 0 Å². The summed E-state index contributed by atoms with van der Waals surface area (Å²) >= 11 is 0. The van der Waals surface area contributed by atoms with E-state index in [0.717, 1.165) is 37.7 Å². The van der Waals surface area contributed by atoms with Crippen LogP contribution in [0.25, 0.3) is 0 Å². The molecule has 5 rings (SSSR count). The fourth-order valence-electron chi connectivity index (χ4n) is 4.62. The Labute approximate surface area is 185 Å². The monoisotopic (exact) mass is 446 g/mol. The SMILES string of the molecule is [2H]C([2H])([2H])NS(=O)(=O)c1ccc(Nc2ncc3c(n2)N([C@@H]2CCC[C@@H](O)C2)C(=O)C32CC2)cc1. The van der Waals surface area contributed by atoms with Crippen LogP contribution in [0, 0.1) is 0 Å². The summed E-state index contributed by atoms with van der Waals surface area (Å²) in [6, 6.07) is 5.42. The molecule has 3 aliphatic rings. The number of carbonyl (C=O) groups excluding carboxylic acids is 1. The number of aromatic nitrogens is 2. The Morgan fingerprint density at radius 3 is 2.71 bits per heavy atom. The van der Waals surface area contributed by atoms with Crippen molar-refractivity contribution in [2.24, 2.45) is 0 Å². The number of nitrogens with zero attached hydrogens (tertiary/aromatic N) is 3. The topological polar surface area (TPSA) is 125 Å². The average Bonchev–Trinajstić information content (AvgIpc) is 3.50. The predicted octanol–water partition coefficient (Wildman–Crippen LogP) is 1.81. The smallest absolute Gasteiger partial charge is 0.240 e. The molecule has 2 atom stereocenters. The van der Waals surface area contributed by atoms with Crippen molar-refractivity contribution >= 4 is 33.4 Å². The van der Waals surface area contributed by atoms with Crippen molar-refractivity contribution in [3.05, 3.63) is 36.0 Å². The Morgan fingerprint density at radius 1 is 1.26 bits per heavy atom. The van der Waals surface area contributed by atoms with E-state index in [2.05, 4.69) is 15.3 Å². The number of fused-ring (bicyclic) bond motifs is 2. The Morgan fingerprint density at radius 2 is 2.03 bits per heavy atom.